The SMILES string of the molecule is COc1ccc(/C=N\NC(=O)CN(c2ccccc2Cl)S(=O)(=O)c2ccccc2)c(OC)c1. The van der Waals surface area contributed by atoms with Crippen LogP contribution in [0, 0.1) is 0 Å². The van der Waals surface area contributed by atoms with E-state index in [1.807, 2.05) is 0 Å². The third-order valence-electron chi connectivity index (χ3n) is 4.57. The van der Waals surface area contributed by atoms with E-state index < -0.39 is 22.5 Å². The zero-order valence-electron chi connectivity index (χ0n) is 17.9. The fraction of sp³-hybridized carbons (Fsp3) is 0.130. The molecular formula is C23H22ClN3O5S. The standard InChI is InChI=1S/C23H22ClN3O5S/c1-31-18-13-12-17(22(14-18)32-2)15-25-26-23(28)16-27(21-11-7-6-10-20(21)24)33(29,30)19-8-4-3-5-9-19/h3-15H,16H2,1-2H3,(H,26,28)/b25-15-. The quantitative estimate of drug-likeness (QED) is 0.366. The number of carbonyl (C=O) groups is 1. The molecule has 3 aromatic rings. The van der Waals surface area contributed by atoms with Crippen molar-refractivity contribution in [3.63, 3.8) is 0 Å². The van der Waals surface area contributed by atoms with Gasteiger partial charge in [0.25, 0.3) is 15.9 Å². The number of benzene rings is 3. The van der Waals surface area contributed by atoms with Gasteiger partial charge < -0.3 is 9.47 Å². The van der Waals surface area contributed by atoms with E-state index in [0.29, 0.717) is 17.1 Å². The number of hydrogen-bond acceptors (Lipinski definition) is 6. The zero-order chi connectivity index (χ0) is 23.8. The second-order valence-electron chi connectivity index (χ2n) is 6.68. The molecule has 0 saturated carbocycles. The van der Waals surface area contributed by atoms with Crippen molar-refractivity contribution >= 4 is 39.4 Å². The van der Waals surface area contributed by atoms with E-state index in [1.54, 1.807) is 54.6 Å². The van der Waals surface area contributed by atoms with Gasteiger partial charge in [-0.05, 0) is 36.4 Å². The second kappa shape index (κ2) is 10.8. The first-order valence-electron chi connectivity index (χ1n) is 9.73. The van der Waals surface area contributed by atoms with Crippen LogP contribution in [0.3, 0.4) is 0 Å². The maximum atomic E-state index is 13.3. The molecule has 0 unspecified atom stereocenters. The van der Waals surface area contributed by atoms with Crippen molar-refractivity contribution in [3.8, 4) is 11.5 Å². The molecule has 8 nitrogen and oxygen atoms in total. The third kappa shape index (κ3) is 5.82. The first-order valence-corrected chi connectivity index (χ1v) is 11.5. The molecule has 10 heteroatoms. The second-order valence-corrected chi connectivity index (χ2v) is 8.95. The van der Waals surface area contributed by atoms with E-state index in [-0.39, 0.29) is 15.6 Å². The van der Waals surface area contributed by atoms with E-state index in [0.717, 1.165) is 4.31 Å². The van der Waals surface area contributed by atoms with Gasteiger partial charge in [0, 0.05) is 11.6 Å². The highest BCUT2D eigenvalue weighted by molar-refractivity contribution is 7.92. The van der Waals surface area contributed by atoms with Crippen LogP contribution in [0.4, 0.5) is 5.69 Å². The Kier molecular flexibility index (Phi) is 7.92. The molecule has 0 fully saturated rings. The molecule has 0 atom stereocenters. The minimum atomic E-state index is -4.06. The minimum absolute atomic E-state index is 0.0317. The van der Waals surface area contributed by atoms with Crippen molar-refractivity contribution in [1.29, 1.82) is 0 Å². The number of para-hydroxylation sites is 1. The summed E-state index contributed by atoms with van der Waals surface area (Å²) < 4.78 is 37.9. The van der Waals surface area contributed by atoms with E-state index in [4.69, 9.17) is 21.1 Å². The van der Waals surface area contributed by atoms with Crippen LogP contribution in [0.2, 0.25) is 5.02 Å². The molecule has 3 rings (SSSR count). The first-order chi connectivity index (χ1) is 15.9. The van der Waals surface area contributed by atoms with Crippen molar-refractivity contribution in [1.82, 2.24) is 5.43 Å². The third-order valence-corrected chi connectivity index (χ3v) is 6.67. The number of carbonyl (C=O) groups excluding carboxylic acids is 1. The number of sulfonamides is 1. The Balaban J connectivity index is 1.83. The molecule has 0 aliphatic heterocycles. The Morgan fingerprint density at radius 2 is 1.73 bits per heavy atom. The maximum Gasteiger partial charge on any atom is 0.264 e. The molecule has 1 amide bonds. The zero-order valence-corrected chi connectivity index (χ0v) is 19.5. The summed E-state index contributed by atoms with van der Waals surface area (Å²) in [7, 11) is -1.03. The molecule has 0 spiro atoms. The molecule has 3 aromatic carbocycles. The Morgan fingerprint density at radius 3 is 2.39 bits per heavy atom. The van der Waals surface area contributed by atoms with Crippen LogP contribution in [0.15, 0.2) is 82.8 Å². The number of ether oxygens (including phenoxy) is 2. The molecule has 0 saturated heterocycles. The van der Waals surface area contributed by atoms with Crippen LogP contribution in [-0.2, 0) is 14.8 Å². The number of halogens is 1. The normalized spacial score (nSPS) is 11.2. The van der Waals surface area contributed by atoms with Crippen LogP contribution in [0.5, 0.6) is 11.5 Å². The summed E-state index contributed by atoms with van der Waals surface area (Å²) in [5.41, 5.74) is 3.12. The molecule has 33 heavy (non-hydrogen) atoms. The lowest BCUT2D eigenvalue weighted by atomic mass is 10.2. The Morgan fingerprint density at radius 1 is 1.03 bits per heavy atom. The Hall–Kier alpha value is -3.56. The van der Waals surface area contributed by atoms with Gasteiger partial charge in [0.05, 0.1) is 36.0 Å². The van der Waals surface area contributed by atoms with Gasteiger partial charge in [0.15, 0.2) is 0 Å². The Bertz CT molecular complexity index is 1250. The van der Waals surface area contributed by atoms with Crippen molar-refractivity contribution in [2.24, 2.45) is 5.10 Å². The number of nitrogens with zero attached hydrogens (tertiary/aromatic N) is 2. The Labute approximate surface area is 197 Å². The summed E-state index contributed by atoms with van der Waals surface area (Å²) >= 11 is 6.25. The van der Waals surface area contributed by atoms with Crippen molar-refractivity contribution in [2.75, 3.05) is 25.1 Å². The highest BCUT2D eigenvalue weighted by Crippen LogP contribution is 2.30. The number of anilines is 1. The summed E-state index contributed by atoms with van der Waals surface area (Å²) in [6, 6.07) is 19.3. The molecule has 0 radical (unpaired) electrons. The fourth-order valence-electron chi connectivity index (χ4n) is 2.94. The number of hydrogen-bond donors (Lipinski definition) is 1. The van der Waals surface area contributed by atoms with E-state index >= 15 is 0 Å². The molecule has 0 aliphatic rings. The topological polar surface area (TPSA) is 97.3 Å². The minimum Gasteiger partial charge on any atom is -0.497 e. The highest BCUT2D eigenvalue weighted by Gasteiger charge is 2.28. The van der Waals surface area contributed by atoms with Crippen LogP contribution in [0.25, 0.3) is 0 Å². The van der Waals surface area contributed by atoms with Crippen molar-refractivity contribution < 1.29 is 22.7 Å². The van der Waals surface area contributed by atoms with Crippen molar-refractivity contribution in [3.05, 3.63) is 83.4 Å². The van der Waals surface area contributed by atoms with Gasteiger partial charge in [-0.25, -0.2) is 13.8 Å². The van der Waals surface area contributed by atoms with Crippen LogP contribution in [-0.4, -0.2) is 41.3 Å². The van der Waals surface area contributed by atoms with E-state index in [9.17, 15) is 13.2 Å². The lowest BCUT2D eigenvalue weighted by Gasteiger charge is -2.24. The lowest BCUT2D eigenvalue weighted by molar-refractivity contribution is -0.119. The number of hydrazone groups is 1. The average Bonchev–Trinajstić information content (AvgIpc) is 2.83. The van der Waals surface area contributed by atoms with Gasteiger partial charge >= 0.3 is 0 Å². The number of amides is 1. The first kappa shape index (κ1) is 24.1. The van der Waals surface area contributed by atoms with E-state index in [2.05, 4.69) is 10.5 Å². The number of nitrogens with one attached hydrogen (secondary N) is 1. The maximum absolute atomic E-state index is 13.3. The molecular weight excluding hydrogens is 466 g/mol. The average molecular weight is 488 g/mol. The molecule has 0 bridgehead atoms. The van der Waals surface area contributed by atoms with Gasteiger partial charge in [-0.3, -0.25) is 9.10 Å². The smallest absolute Gasteiger partial charge is 0.264 e. The predicted octanol–water partition coefficient (Wildman–Crippen LogP) is 3.70. The molecule has 0 aromatic heterocycles. The van der Waals surface area contributed by atoms with Crippen molar-refractivity contribution in [2.45, 2.75) is 4.90 Å². The summed E-state index contributed by atoms with van der Waals surface area (Å²) in [4.78, 5) is 12.7. The van der Waals surface area contributed by atoms with Crippen LogP contribution in [0.1, 0.15) is 5.56 Å². The molecule has 172 valence electrons. The monoisotopic (exact) mass is 487 g/mol. The molecule has 1 N–H and O–H groups in total. The fourth-order valence-corrected chi connectivity index (χ4v) is 4.69. The lowest BCUT2D eigenvalue weighted by Crippen LogP contribution is -2.39. The van der Waals surface area contributed by atoms with Crippen LogP contribution < -0.4 is 19.2 Å². The van der Waals surface area contributed by atoms with Gasteiger partial charge in [-0.15, -0.1) is 0 Å². The number of methoxy groups -OCH3 is 2. The van der Waals surface area contributed by atoms with E-state index in [1.165, 1.54) is 38.6 Å². The van der Waals surface area contributed by atoms with Gasteiger partial charge in [-0.1, -0.05) is 41.9 Å². The summed E-state index contributed by atoms with van der Waals surface area (Å²) in [5, 5.41) is 4.12. The summed E-state index contributed by atoms with van der Waals surface area (Å²) in [5.74, 6) is 0.449. The van der Waals surface area contributed by atoms with Gasteiger partial charge in [-0.2, -0.15) is 5.10 Å². The largest absolute Gasteiger partial charge is 0.497 e. The van der Waals surface area contributed by atoms with Gasteiger partial charge in [0.1, 0.15) is 18.0 Å². The number of rotatable bonds is 9. The summed E-state index contributed by atoms with van der Waals surface area (Å²) in [6.45, 7) is -0.530. The van der Waals surface area contributed by atoms with Gasteiger partial charge in [0.2, 0.25) is 0 Å². The molecule has 0 aliphatic carbocycles. The highest BCUT2D eigenvalue weighted by atomic mass is 35.5. The predicted molar refractivity (Wildman–Crippen MR) is 128 cm³/mol. The van der Waals surface area contributed by atoms with Crippen LogP contribution >= 0.6 is 11.6 Å². The summed E-state index contributed by atoms with van der Waals surface area (Å²) in [6.07, 6.45) is 1.39. The molecule has 0 heterocycles.